The summed E-state index contributed by atoms with van der Waals surface area (Å²) in [6.45, 7) is 2.03. The zero-order valence-electron chi connectivity index (χ0n) is 20.7. The number of carboxylic acids is 1. The van der Waals surface area contributed by atoms with Crippen molar-refractivity contribution in [2.24, 2.45) is 11.8 Å². The number of thiazole rings is 1. The number of aromatic nitrogens is 2. The molecule has 2 aliphatic carbocycles. The molecule has 0 spiro atoms. The maximum atomic E-state index is 14.5. The molecule has 0 radical (unpaired) electrons. The van der Waals surface area contributed by atoms with E-state index in [1.54, 1.807) is 12.1 Å². The van der Waals surface area contributed by atoms with E-state index in [1.165, 1.54) is 17.4 Å². The molecule has 3 fully saturated rings. The van der Waals surface area contributed by atoms with Gasteiger partial charge in [0.1, 0.15) is 17.0 Å². The van der Waals surface area contributed by atoms with Crippen LogP contribution >= 0.6 is 34.5 Å². The molecule has 1 saturated heterocycles. The van der Waals surface area contributed by atoms with E-state index in [0.717, 1.165) is 61.3 Å². The second-order valence-corrected chi connectivity index (χ2v) is 12.5. The molecule has 1 unspecified atom stereocenters. The number of rotatable bonds is 7. The van der Waals surface area contributed by atoms with Gasteiger partial charge in [0.2, 0.25) is 0 Å². The van der Waals surface area contributed by atoms with Gasteiger partial charge >= 0.3 is 5.97 Å². The monoisotopic (exact) mass is 587 g/mol. The van der Waals surface area contributed by atoms with Crippen LogP contribution in [0.2, 0.25) is 10.0 Å². The van der Waals surface area contributed by atoms with Crippen LogP contribution in [0.1, 0.15) is 53.3 Å². The Kier molecular flexibility index (Phi) is 6.30. The van der Waals surface area contributed by atoms with Crippen LogP contribution in [-0.2, 0) is 11.3 Å². The van der Waals surface area contributed by atoms with E-state index < -0.39 is 11.8 Å². The van der Waals surface area contributed by atoms with Crippen molar-refractivity contribution >= 4 is 55.9 Å². The van der Waals surface area contributed by atoms with Crippen molar-refractivity contribution in [3.05, 3.63) is 63.1 Å². The number of anilines is 1. The van der Waals surface area contributed by atoms with Crippen molar-refractivity contribution in [3.63, 3.8) is 0 Å². The highest BCUT2D eigenvalue weighted by Gasteiger charge is 2.43. The number of fused-ring (bicyclic) bond motifs is 2. The van der Waals surface area contributed by atoms with Crippen molar-refractivity contribution in [2.45, 2.75) is 44.3 Å². The van der Waals surface area contributed by atoms with E-state index in [2.05, 4.69) is 15.0 Å². The lowest BCUT2D eigenvalue weighted by molar-refractivity contribution is 0.0403. The number of hydrogen-bond donors (Lipinski definition) is 1. The summed E-state index contributed by atoms with van der Waals surface area (Å²) < 4.78 is 27.3. The minimum Gasteiger partial charge on any atom is -0.478 e. The van der Waals surface area contributed by atoms with Crippen molar-refractivity contribution in [1.82, 2.24) is 10.1 Å². The minimum absolute atomic E-state index is 0.0638. The first-order chi connectivity index (χ1) is 18.9. The fraction of sp³-hybridized carbons (Fsp3) is 0.393. The van der Waals surface area contributed by atoms with Gasteiger partial charge in [-0.1, -0.05) is 45.8 Å². The van der Waals surface area contributed by atoms with Crippen molar-refractivity contribution in [3.8, 4) is 11.3 Å². The Hall–Kier alpha value is -2.72. The quantitative estimate of drug-likeness (QED) is 0.241. The molecule has 2 aromatic carbocycles. The Morgan fingerprint density at radius 1 is 1.18 bits per heavy atom. The van der Waals surface area contributed by atoms with Crippen LogP contribution in [0.4, 0.5) is 9.52 Å². The summed E-state index contributed by atoms with van der Waals surface area (Å²) in [5.74, 6) is 0.392. The van der Waals surface area contributed by atoms with Gasteiger partial charge in [-0.3, -0.25) is 0 Å². The first-order valence-corrected chi connectivity index (χ1v) is 14.6. The topological polar surface area (TPSA) is 88.7 Å². The van der Waals surface area contributed by atoms with Crippen LogP contribution in [0.15, 0.2) is 34.9 Å². The molecule has 11 heteroatoms. The normalized spacial score (nSPS) is 22.6. The van der Waals surface area contributed by atoms with Gasteiger partial charge in [-0.15, -0.1) is 0 Å². The van der Waals surface area contributed by atoms with Gasteiger partial charge in [0.05, 0.1) is 33.0 Å². The molecule has 2 aromatic heterocycles. The fourth-order valence-corrected chi connectivity index (χ4v) is 7.64. The van der Waals surface area contributed by atoms with Gasteiger partial charge < -0.3 is 19.3 Å². The molecule has 39 heavy (non-hydrogen) atoms. The highest BCUT2D eigenvalue weighted by molar-refractivity contribution is 7.22. The highest BCUT2D eigenvalue weighted by atomic mass is 35.5. The summed E-state index contributed by atoms with van der Waals surface area (Å²) in [5.41, 5.74) is 2.44. The molecule has 0 bridgehead atoms. The Balaban J connectivity index is 1.04. The molecular weight excluding hydrogens is 564 g/mol. The summed E-state index contributed by atoms with van der Waals surface area (Å²) in [5, 5.41) is 15.4. The molecule has 2 saturated carbocycles. The number of halogens is 3. The Labute approximate surface area is 237 Å². The van der Waals surface area contributed by atoms with E-state index >= 15 is 0 Å². The summed E-state index contributed by atoms with van der Waals surface area (Å²) in [6, 6.07) is 7.93. The summed E-state index contributed by atoms with van der Waals surface area (Å²) in [6.07, 6.45) is 4.12. The standard InChI is InChI=1S/C28H24Cl2FN3O4S/c29-19-2-1-3-20(30)23(19)24-18(26(38-33-24)13-4-5-13)12-37-17-6-15-10-34(11-16(15)7-17)28-32-25-21(31)8-14(27(35)36)9-22(25)39-28/h1-3,8-9,13,15-17H,4-7,10-12H2,(H,35,36)/t15-,16+,17?. The first kappa shape index (κ1) is 25.3. The van der Waals surface area contributed by atoms with Crippen molar-refractivity contribution < 1.29 is 23.6 Å². The Morgan fingerprint density at radius 2 is 1.90 bits per heavy atom. The van der Waals surface area contributed by atoms with Gasteiger partial charge in [-0.05, 0) is 61.8 Å². The van der Waals surface area contributed by atoms with Gasteiger partial charge in [-0.25, -0.2) is 14.2 Å². The van der Waals surface area contributed by atoms with E-state index in [4.69, 9.17) is 32.5 Å². The van der Waals surface area contributed by atoms with Crippen LogP contribution < -0.4 is 4.90 Å². The number of carboxylic acid groups (broad SMARTS) is 1. The van der Waals surface area contributed by atoms with E-state index in [1.807, 2.05) is 6.07 Å². The van der Waals surface area contributed by atoms with E-state index in [9.17, 15) is 14.3 Å². The molecule has 3 atom stereocenters. The van der Waals surface area contributed by atoms with Crippen LogP contribution in [0.3, 0.4) is 0 Å². The van der Waals surface area contributed by atoms with Crippen molar-refractivity contribution in [1.29, 1.82) is 0 Å². The molecule has 202 valence electrons. The lowest BCUT2D eigenvalue weighted by atomic mass is 10.0. The largest absolute Gasteiger partial charge is 0.478 e. The van der Waals surface area contributed by atoms with Crippen LogP contribution in [-0.4, -0.2) is 40.4 Å². The second-order valence-electron chi connectivity index (χ2n) is 10.7. The van der Waals surface area contributed by atoms with Gasteiger partial charge in [0.15, 0.2) is 10.9 Å². The molecule has 1 aliphatic heterocycles. The molecule has 4 aromatic rings. The fourth-order valence-electron chi connectivity index (χ4n) is 6.02. The third-order valence-corrected chi connectivity index (χ3v) is 9.79. The number of nitrogens with zero attached hydrogens (tertiary/aromatic N) is 3. The maximum Gasteiger partial charge on any atom is 0.335 e. The zero-order chi connectivity index (χ0) is 26.8. The number of carbonyl (C=O) groups is 1. The van der Waals surface area contributed by atoms with Gasteiger partial charge in [0, 0.05) is 30.1 Å². The summed E-state index contributed by atoms with van der Waals surface area (Å²) in [7, 11) is 0. The second kappa shape index (κ2) is 9.73. The molecular formula is C28H24Cl2FN3O4S. The number of ether oxygens (including phenoxy) is 1. The lowest BCUT2D eigenvalue weighted by Crippen LogP contribution is -2.23. The average molecular weight is 588 g/mol. The van der Waals surface area contributed by atoms with Crippen LogP contribution in [0.25, 0.3) is 21.5 Å². The highest BCUT2D eigenvalue weighted by Crippen LogP contribution is 2.47. The van der Waals surface area contributed by atoms with Gasteiger partial charge in [0.25, 0.3) is 0 Å². The Morgan fingerprint density at radius 3 is 2.56 bits per heavy atom. The molecule has 7 nitrogen and oxygen atoms in total. The smallest absolute Gasteiger partial charge is 0.335 e. The zero-order valence-corrected chi connectivity index (χ0v) is 23.0. The van der Waals surface area contributed by atoms with Crippen LogP contribution in [0, 0.1) is 17.7 Å². The molecule has 3 aliphatic rings. The maximum absolute atomic E-state index is 14.5. The van der Waals surface area contributed by atoms with E-state index in [0.29, 0.717) is 50.4 Å². The summed E-state index contributed by atoms with van der Waals surface area (Å²) in [4.78, 5) is 18.0. The van der Waals surface area contributed by atoms with Gasteiger partial charge in [-0.2, -0.15) is 0 Å². The van der Waals surface area contributed by atoms with Crippen LogP contribution in [0.5, 0.6) is 0 Å². The predicted octanol–water partition coefficient (Wildman–Crippen LogP) is 7.40. The molecule has 7 rings (SSSR count). The summed E-state index contributed by atoms with van der Waals surface area (Å²) >= 11 is 14.3. The third kappa shape index (κ3) is 4.59. The average Bonchev–Trinajstić information content (AvgIpc) is 3.20. The predicted molar refractivity (Wildman–Crippen MR) is 147 cm³/mol. The number of benzene rings is 2. The third-order valence-electron chi connectivity index (χ3n) is 8.09. The minimum atomic E-state index is -1.15. The first-order valence-electron chi connectivity index (χ1n) is 13.0. The van der Waals surface area contributed by atoms with Crippen molar-refractivity contribution in [2.75, 3.05) is 18.0 Å². The number of hydrogen-bond acceptors (Lipinski definition) is 7. The van der Waals surface area contributed by atoms with E-state index in [-0.39, 0.29) is 17.2 Å². The SMILES string of the molecule is O=C(O)c1cc(F)c2nc(N3C[C@H]4CC(OCc5c(-c6c(Cl)cccc6Cl)noc5C5CC5)C[C@H]4C3)sc2c1. The Bertz CT molecular complexity index is 1570. The molecule has 3 heterocycles. The molecule has 1 N–H and O–H groups in total. The number of aromatic carboxylic acids is 1. The lowest BCUT2D eigenvalue weighted by Gasteiger charge is -2.19. The molecule has 0 amide bonds.